The van der Waals surface area contributed by atoms with Crippen LogP contribution in [0, 0.1) is 11.7 Å². The average Bonchev–Trinajstić information content (AvgIpc) is 2.40. The predicted octanol–water partition coefficient (Wildman–Crippen LogP) is 4.92. The molecule has 1 aliphatic carbocycles. The Morgan fingerprint density at radius 3 is 2.61 bits per heavy atom. The molecule has 100 valence electrons. The molecule has 1 unspecified atom stereocenters. The van der Waals surface area contributed by atoms with Crippen molar-refractivity contribution in [3.05, 3.63) is 28.0 Å². The van der Waals surface area contributed by atoms with Crippen LogP contribution in [0.2, 0.25) is 0 Å². The fourth-order valence-corrected chi connectivity index (χ4v) is 3.70. The van der Waals surface area contributed by atoms with Crippen molar-refractivity contribution in [1.82, 2.24) is 0 Å². The molecular formula is C14H18BrFOS. The minimum atomic E-state index is -0.688. The van der Waals surface area contributed by atoms with E-state index < -0.39 is 6.10 Å². The molecule has 0 aromatic heterocycles. The molecule has 0 heterocycles. The lowest BCUT2D eigenvalue weighted by Gasteiger charge is -2.28. The molecule has 1 aliphatic rings. The molecule has 1 aromatic rings. The van der Waals surface area contributed by atoms with Crippen molar-refractivity contribution < 1.29 is 9.50 Å². The van der Waals surface area contributed by atoms with Crippen LogP contribution in [0.1, 0.15) is 43.8 Å². The normalized spacial score (nSPS) is 18.9. The van der Waals surface area contributed by atoms with Crippen LogP contribution in [-0.4, -0.2) is 11.4 Å². The zero-order valence-electron chi connectivity index (χ0n) is 10.5. The molecule has 4 heteroatoms. The Balaban J connectivity index is 2.30. The van der Waals surface area contributed by atoms with Gasteiger partial charge in [-0.15, -0.1) is 11.8 Å². The monoisotopic (exact) mass is 332 g/mol. The summed E-state index contributed by atoms with van der Waals surface area (Å²) >= 11 is 4.74. The smallest absolute Gasteiger partial charge is 0.143 e. The standard InChI is InChI=1S/C14H18BrFOS/c1-18-11-8-7-10(15)12(13(11)16)14(17)9-5-3-2-4-6-9/h7-9,14,17H,2-6H2,1H3. The first-order valence-corrected chi connectivity index (χ1v) is 8.37. The van der Waals surface area contributed by atoms with Gasteiger partial charge in [-0.05, 0) is 37.1 Å². The fourth-order valence-electron chi connectivity index (χ4n) is 2.66. The number of aliphatic hydroxyl groups is 1. The van der Waals surface area contributed by atoms with Crippen molar-refractivity contribution in [2.24, 2.45) is 5.92 Å². The molecule has 0 aliphatic heterocycles. The van der Waals surface area contributed by atoms with E-state index in [4.69, 9.17) is 0 Å². The van der Waals surface area contributed by atoms with Crippen LogP contribution in [0.4, 0.5) is 4.39 Å². The zero-order valence-corrected chi connectivity index (χ0v) is 12.9. The van der Waals surface area contributed by atoms with E-state index in [1.807, 2.05) is 12.3 Å². The Labute approximate surface area is 120 Å². The van der Waals surface area contributed by atoms with Gasteiger partial charge in [-0.1, -0.05) is 35.2 Å². The third-order valence-corrected chi connectivity index (χ3v) is 5.15. The van der Waals surface area contributed by atoms with E-state index >= 15 is 0 Å². The van der Waals surface area contributed by atoms with Gasteiger partial charge in [0.1, 0.15) is 5.82 Å². The van der Waals surface area contributed by atoms with Crippen molar-refractivity contribution in [1.29, 1.82) is 0 Å². The molecule has 0 bridgehead atoms. The summed E-state index contributed by atoms with van der Waals surface area (Å²) in [5, 5.41) is 10.4. The second kappa shape index (κ2) is 6.40. The van der Waals surface area contributed by atoms with Gasteiger partial charge in [0.05, 0.1) is 6.10 Å². The van der Waals surface area contributed by atoms with E-state index in [9.17, 15) is 9.50 Å². The van der Waals surface area contributed by atoms with Crippen LogP contribution in [0.25, 0.3) is 0 Å². The van der Waals surface area contributed by atoms with Gasteiger partial charge >= 0.3 is 0 Å². The number of hydrogen-bond donors (Lipinski definition) is 1. The minimum Gasteiger partial charge on any atom is -0.388 e. The van der Waals surface area contributed by atoms with Crippen LogP contribution in [-0.2, 0) is 0 Å². The Kier molecular flexibility index (Phi) is 5.10. The quantitative estimate of drug-likeness (QED) is 0.792. The topological polar surface area (TPSA) is 20.2 Å². The number of benzene rings is 1. The van der Waals surface area contributed by atoms with Crippen LogP contribution >= 0.6 is 27.7 Å². The Bertz CT molecular complexity index is 419. The van der Waals surface area contributed by atoms with Gasteiger partial charge in [0.15, 0.2) is 0 Å². The van der Waals surface area contributed by atoms with Crippen molar-refractivity contribution >= 4 is 27.7 Å². The van der Waals surface area contributed by atoms with Crippen molar-refractivity contribution in [3.8, 4) is 0 Å². The van der Waals surface area contributed by atoms with Gasteiger partial charge in [0.2, 0.25) is 0 Å². The molecule has 0 amide bonds. The molecule has 2 rings (SSSR count). The first-order chi connectivity index (χ1) is 8.65. The van der Waals surface area contributed by atoms with Gasteiger partial charge < -0.3 is 5.11 Å². The second-order valence-corrected chi connectivity index (χ2v) is 6.52. The molecule has 1 N–H and O–H groups in total. The Hall–Kier alpha value is -0.0600. The lowest BCUT2D eigenvalue weighted by Crippen LogP contribution is -2.17. The van der Waals surface area contributed by atoms with Crippen molar-refractivity contribution in [2.45, 2.75) is 43.1 Å². The molecule has 18 heavy (non-hydrogen) atoms. The van der Waals surface area contributed by atoms with Crippen LogP contribution in [0.15, 0.2) is 21.5 Å². The molecule has 1 saturated carbocycles. The molecular weight excluding hydrogens is 315 g/mol. The molecule has 1 aromatic carbocycles. The van der Waals surface area contributed by atoms with Crippen molar-refractivity contribution in [3.63, 3.8) is 0 Å². The van der Waals surface area contributed by atoms with E-state index in [1.54, 1.807) is 6.07 Å². The highest BCUT2D eigenvalue weighted by molar-refractivity contribution is 9.10. The third-order valence-electron chi connectivity index (χ3n) is 3.70. The minimum absolute atomic E-state index is 0.196. The summed E-state index contributed by atoms with van der Waals surface area (Å²) in [5.74, 6) is -0.0726. The summed E-state index contributed by atoms with van der Waals surface area (Å²) in [4.78, 5) is 0.600. The maximum atomic E-state index is 14.3. The van der Waals surface area contributed by atoms with E-state index in [1.165, 1.54) is 18.2 Å². The second-order valence-electron chi connectivity index (χ2n) is 4.82. The molecule has 0 radical (unpaired) electrons. The lowest BCUT2D eigenvalue weighted by molar-refractivity contribution is 0.0805. The maximum Gasteiger partial charge on any atom is 0.143 e. The maximum absolute atomic E-state index is 14.3. The Morgan fingerprint density at radius 2 is 2.00 bits per heavy atom. The van der Waals surface area contributed by atoms with Gasteiger partial charge in [-0.25, -0.2) is 4.39 Å². The SMILES string of the molecule is CSc1ccc(Br)c(C(O)C2CCCCC2)c1F. The number of aliphatic hydroxyl groups excluding tert-OH is 1. The highest BCUT2D eigenvalue weighted by Crippen LogP contribution is 2.40. The van der Waals surface area contributed by atoms with E-state index in [2.05, 4.69) is 15.9 Å². The summed E-state index contributed by atoms with van der Waals surface area (Å²) in [6.45, 7) is 0. The number of rotatable bonds is 3. The first kappa shape index (κ1) is 14.4. The van der Waals surface area contributed by atoms with Crippen LogP contribution in [0.5, 0.6) is 0 Å². The summed E-state index contributed by atoms with van der Waals surface area (Å²) in [5.41, 5.74) is 0.439. The number of hydrogen-bond acceptors (Lipinski definition) is 2. The van der Waals surface area contributed by atoms with Crippen LogP contribution in [0.3, 0.4) is 0 Å². The lowest BCUT2D eigenvalue weighted by atomic mass is 9.82. The van der Waals surface area contributed by atoms with E-state index in [0.717, 1.165) is 25.7 Å². The van der Waals surface area contributed by atoms with Gasteiger partial charge in [0.25, 0.3) is 0 Å². The molecule has 1 nitrogen and oxygen atoms in total. The summed E-state index contributed by atoms with van der Waals surface area (Å²) < 4.78 is 15.0. The summed E-state index contributed by atoms with van der Waals surface area (Å²) in [7, 11) is 0. The van der Waals surface area contributed by atoms with Crippen LogP contribution < -0.4 is 0 Å². The highest BCUT2D eigenvalue weighted by Gasteiger charge is 2.28. The first-order valence-electron chi connectivity index (χ1n) is 6.35. The van der Waals surface area contributed by atoms with E-state index in [-0.39, 0.29) is 11.7 Å². The molecule has 1 fully saturated rings. The van der Waals surface area contributed by atoms with Gasteiger partial charge in [0, 0.05) is 14.9 Å². The zero-order chi connectivity index (χ0) is 13.1. The largest absolute Gasteiger partial charge is 0.388 e. The summed E-state index contributed by atoms with van der Waals surface area (Å²) in [6, 6.07) is 3.58. The third kappa shape index (κ3) is 2.91. The van der Waals surface area contributed by atoms with Gasteiger partial charge in [-0.2, -0.15) is 0 Å². The predicted molar refractivity (Wildman–Crippen MR) is 77.4 cm³/mol. The van der Waals surface area contributed by atoms with E-state index in [0.29, 0.717) is 14.9 Å². The molecule has 0 saturated heterocycles. The number of thioether (sulfide) groups is 1. The fraction of sp³-hybridized carbons (Fsp3) is 0.571. The Morgan fingerprint density at radius 1 is 1.33 bits per heavy atom. The number of halogens is 2. The van der Waals surface area contributed by atoms with Crippen molar-refractivity contribution in [2.75, 3.05) is 6.26 Å². The highest BCUT2D eigenvalue weighted by atomic mass is 79.9. The average molecular weight is 333 g/mol. The summed E-state index contributed by atoms with van der Waals surface area (Å²) in [6.07, 6.45) is 6.67. The molecule has 1 atom stereocenters. The van der Waals surface area contributed by atoms with Gasteiger partial charge in [-0.3, -0.25) is 0 Å². The molecule has 0 spiro atoms.